The van der Waals surface area contributed by atoms with E-state index in [-0.39, 0.29) is 11.9 Å². The molecule has 0 aliphatic rings. The summed E-state index contributed by atoms with van der Waals surface area (Å²) in [4.78, 5) is 29.3. The van der Waals surface area contributed by atoms with Gasteiger partial charge in [0.1, 0.15) is 6.29 Å². The maximum absolute atomic E-state index is 12.3. The Labute approximate surface area is 190 Å². The molecule has 0 fully saturated rings. The lowest BCUT2D eigenvalue weighted by molar-refractivity contribution is -0.112. The van der Waals surface area contributed by atoms with Crippen molar-refractivity contribution < 1.29 is 9.59 Å². The van der Waals surface area contributed by atoms with E-state index in [1.165, 1.54) is 12.3 Å². The fourth-order valence-corrected chi connectivity index (χ4v) is 3.27. The van der Waals surface area contributed by atoms with Crippen LogP contribution in [0.15, 0.2) is 55.0 Å². The zero-order chi connectivity index (χ0) is 23.3. The second kappa shape index (κ2) is 13.2. The van der Waals surface area contributed by atoms with Gasteiger partial charge in [0.15, 0.2) is 0 Å². The van der Waals surface area contributed by atoms with Gasteiger partial charge >= 0.3 is 0 Å². The number of likely N-dealkylation sites (N-methyl/N-ethyl adjacent to an activating group) is 1. The fourth-order valence-electron chi connectivity index (χ4n) is 3.27. The molecule has 7 heteroatoms. The highest BCUT2D eigenvalue weighted by atomic mass is 16.1. The average Bonchev–Trinajstić information content (AvgIpc) is 2.79. The minimum absolute atomic E-state index is 0.222. The van der Waals surface area contributed by atoms with Gasteiger partial charge in [0.05, 0.1) is 0 Å². The number of rotatable bonds is 12. The van der Waals surface area contributed by atoms with Crippen molar-refractivity contribution in [2.24, 2.45) is 5.73 Å². The molecule has 7 nitrogen and oxygen atoms in total. The molecule has 0 spiro atoms. The number of hydrogen-bond donors (Lipinski definition) is 3. The third-order valence-electron chi connectivity index (χ3n) is 4.98. The SMILES string of the molecule is C/C(=C\N)c1ccncc1/C=C/C(=O)Nc1ccc(CNC(CCC=O)CN(C)C)cc1. The normalized spacial score (nSPS) is 12.8. The highest BCUT2D eigenvalue weighted by Gasteiger charge is 2.09. The lowest BCUT2D eigenvalue weighted by atomic mass is 10.0. The number of aromatic nitrogens is 1. The largest absolute Gasteiger partial charge is 0.404 e. The predicted octanol–water partition coefficient (Wildman–Crippen LogP) is 3.05. The van der Waals surface area contributed by atoms with Crippen LogP contribution >= 0.6 is 0 Å². The highest BCUT2D eigenvalue weighted by molar-refractivity contribution is 6.02. The topological polar surface area (TPSA) is 100 Å². The molecule has 0 aliphatic heterocycles. The number of nitrogens with zero attached hydrogens (tertiary/aromatic N) is 2. The van der Waals surface area contributed by atoms with E-state index in [0.29, 0.717) is 13.0 Å². The van der Waals surface area contributed by atoms with Gasteiger partial charge in [0.2, 0.25) is 5.91 Å². The predicted molar refractivity (Wildman–Crippen MR) is 131 cm³/mol. The number of amides is 1. The molecule has 1 atom stereocenters. The summed E-state index contributed by atoms with van der Waals surface area (Å²) in [7, 11) is 4.04. The minimum Gasteiger partial charge on any atom is -0.404 e. The first-order chi connectivity index (χ1) is 15.4. The lowest BCUT2D eigenvalue weighted by Crippen LogP contribution is -2.37. The molecule has 1 aromatic heterocycles. The molecule has 2 rings (SSSR count). The number of hydrogen-bond acceptors (Lipinski definition) is 6. The second-order valence-electron chi connectivity index (χ2n) is 7.92. The molecule has 0 aliphatic carbocycles. The average molecular weight is 436 g/mol. The van der Waals surface area contributed by atoms with Crippen LogP contribution in [-0.4, -0.2) is 48.8 Å². The van der Waals surface area contributed by atoms with E-state index >= 15 is 0 Å². The second-order valence-corrected chi connectivity index (χ2v) is 7.92. The molecule has 2 aromatic rings. The van der Waals surface area contributed by atoms with Crippen molar-refractivity contribution in [1.29, 1.82) is 0 Å². The van der Waals surface area contributed by atoms with Crippen LogP contribution in [0, 0.1) is 0 Å². The molecule has 0 saturated heterocycles. The van der Waals surface area contributed by atoms with E-state index in [9.17, 15) is 9.59 Å². The Bertz CT molecular complexity index is 936. The number of aldehydes is 1. The maximum Gasteiger partial charge on any atom is 0.248 e. The zero-order valence-electron chi connectivity index (χ0n) is 19.0. The number of nitrogens with two attached hydrogens (primary N) is 1. The Kier molecular flexibility index (Phi) is 10.3. The molecule has 1 amide bonds. The van der Waals surface area contributed by atoms with E-state index in [1.54, 1.807) is 18.5 Å². The van der Waals surface area contributed by atoms with Crippen molar-refractivity contribution in [3.05, 3.63) is 71.7 Å². The van der Waals surface area contributed by atoms with Gasteiger partial charge in [-0.2, -0.15) is 0 Å². The molecule has 0 radical (unpaired) electrons. The number of anilines is 1. The summed E-state index contributed by atoms with van der Waals surface area (Å²) >= 11 is 0. The Morgan fingerprint density at radius 3 is 2.62 bits per heavy atom. The minimum atomic E-state index is -0.222. The van der Waals surface area contributed by atoms with Crippen molar-refractivity contribution in [3.8, 4) is 0 Å². The third-order valence-corrected chi connectivity index (χ3v) is 4.98. The van der Waals surface area contributed by atoms with Crippen molar-refractivity contribution in [3.63, 3.8) is 0 Å². The van der Waals surface area contributed by atoms with Crippen LogP contribution in [0.25, 0.3) is 11.6 Å². The van der Waals surface area contributed by atoms with E-state index in [1.807, 2.05) is 51.4 Å². The van der Waals surface area contributed by atoms with Crippen LogP contribution in [0.3, 0.4) is 0 Å². The van der Waals surface area contributed by atoms with Gasteiger partial charge in [-0.1, -0.05) is 12.1 Å². The quantitative estimate of drug-likeness (QED) is 0.350. The van der Waals surface area contributed by atoms with Gasteiger partial charge < -0.3 is 26.1 Å². The summed E-state index contributed by atoms with van der Waals surface area (Å²) in [6, 6.07) is 9.83. The van der Waals surface area contributed by atoms with Crippen LogP contribution in [0.5, 0.6) is 0 Å². The van der Waals surface area contributed by atoms with Crippen LogP contribution in [-0.2, 0) is 16.1 Å². The molecule has 0 saturated carbocycles. The molecule has 170 valence electrons. The van der Waals surface area contributed by atoms with Crippen molar-refractivity contribution in [2.45, 2.75) is 32.4 Å². The summed E-state index contributed by atoms with van der Waals surface area (Å²) in [5, 5.41) is 6.37. The Hall–Kier alpha value is -3.29. The Morgan fingerprint density at radius 2 is 1.97 bits per heavy atom. The number of benzene rings is 1. The third kappa shape index (κ3) is 8.45. The summed E-state index contributed by atoms with van der Waals surface area (Å²) in [6.07, 6.45) is 10.5. The molecule has 1 unspecified atom stereocenters. The van der Waals surface area contributed by atoms with Gasteiger partial charge in [0.25, 0.3) is 0 Å². The van der Waals surface area contributed by atoms with Crippen LogP contribution in [0.1, 0.15) is 36.5 Å². The van der Waals surface area contributed by atoms with E-state index < -0.39 is 0 Å². The standard InChI is InChI=1S/C25H33N5O2/c1-19(15-26)24-12-13-27-17-21(24)8-11-25(32)29-22-9-6-20(7-10-22)16-28-23(5-4-14-31)18-30(2)3/h6-15,17,23,28H,4-5,16,18,26H2,1-3H3,(H,29,32)/b11-8+,19-15+. The maximum atomic E-state index is 12.3. The molecule has 1 heterocycles. The number of carbonyl (C=O) groups is 2. The van der Waals surface area contributed by atoms with Crippen LogP contribution in [0.4, 0.5) is 5.69 Å². The molecule has 1 aromatic carbocycles. The molecule has 4 N–H and O–H groups in total. The first kappa shape index (κ1) is 25.0. The fraction of sp³-hybridized carbons (Fsp3) is 0.320. The number of nitrogens with one attached hydrogen (secondary N) is 2. The van der Waals surface area contributed by atoms with E-state index in [4.69, 9.17) is 5.73 Å². The van der Waals surface area contributed by atoms with Crippen molar-refractivity contribution in [2.75, 3.05) is 26.0 Å². The Morgan fingerprint density at radius 1 is 1.22 bits per heavy atom. The monoisotopic (exact) mass is 435 g/mol. The van der Waals surface area contributed by atoms with Gasteiger partial charge in [-0.05, 0) is 74.6 Å². The first-order valence-electron chi connectivity index (χ1n) is 10.7. The summed E-state index contributed by atoms with van der Waals surface area (Å²) < 4.78 is 0. The van der Waals surface area contributed by atoms with Gasteiger partial charge in [0, 0.05) is 55.3 Å². The summed E-state index contributed by atoms with van der Waals surface area (Å²) in [5.74, 6) is -0.222. The van der Waals surface area contributed by atoms with Crippen LogP contribution in [0.2, 0.25) is 0 Å². The van der Waals surface area contributed by atoms with Crippen molar-refractivity contribution in [1.82, 2.24) is 15.2 Å². The van der Waals surface area contributed by atoms with Gasteiger partial charge in [-0.15, -0.1) is 0 Å². The molecule has 32 heavy (non-hydrogen) atoms. The first-order valence-corrected chi connectivity index (χ1v) is 10.7. The molecular weight excluding hydrogens is 402 g/mol. The summed E-state index contributed by atoms with van der Waals surface area (Å²) in [5.41, 5.74) is 10.1. The smallest absolute Gasteiger partial charge is 0.248 e. The van der Waals surface area contributed by atoms with E-state index in [2.05, 4.69) is 20.5 Å². The Balaban J connectivity index is 1.93. The zero-order valence-corrected chi connectivity index (χ0v) is 19.0. The number of allylic oxidation sites excluding steroid dienone is 1. The highest BCUT2D eigenvalue weighted by Crippen LogP contribution is 2.18. The van der Waals surface area contributed by atoms with Crippen molar-refractivity contribution >= 4 is 29.5 Å². The van der Waals surface area contributed by atoms with Gasteiger partial charge in [-0.25, -0.2) is 0 Å². The number of pyridine rings is 1. The lowest BCUT2D eigenvalue weighted by Gasteiger charge is -2.22. The molecule has 0 bridgehead atoms. The number of carbonyl (C=O) groups excluding carboxylic acids is 2. The van der Waals surface area contributed by atoms with Gasteiger partial charge in [-0.3, -0.25) is 9.78 Å². The van der Waals surface area contributed by atoms with Crippen LogP contribution < -0.4 is 16.4 Å². The summed E-state index contributed by atoms with van der Waals surface area (Å²) in [6.45, 7) is 3.48. The molecular formula is C25H33N5O2. The van der Waals surface area contributed by atoms with E-state index in [0.717, 1.165) is 47.2 Å².